The molecule has 0 aliphatic heterocycles. The van der Waals surface area contributed by atoms with Crippen LogP contribution in [0.1, 0.15) is 20.8 Å². The lowest BCUT2D eigenvalue weighted by molar-refractivity contribution is 0.0125. The van der Waals surface area contributed by atoms with Gasteiger partial charge in [0, 0.05) is 18.8 Å². The summed E-state index contributed by atoms with van der Waals surface area (Å²) in [5.74, 6) is 0. The highest BCUT2D eigenvalue weighted by molar-refractivity contribution is 7.79. The monoisotopic (exact) mass is 392 g/mol. The summed E-state index contributed by atoms with van der Waals surface area (Å²) in [6.07, 6.45) is -0.716. The minimum absolute atomic E-state index is 0.270. The van der Waals surface area contributed by atoms with E-state index in [0.29, 0.717) is 19.8 Å². The van der Waals surface area contributed by atoms with Crippen LogP contribution in [0.2, 0.25) is 0 Å². The van der Waals surface area contributed by atoms with Gasteiger partial charge in [0.05, 0.1) is 6.61 Å². The Morgan fingerprint density at radius 2 is 1.69 bits per heavy atom. The van der Waals surface area contributed by atoms with Gasteiger partial charge in [-0.1, -0.05) is 32.0 Å². The Bertz CT molecular complexity index is 584. The SMILES string of the molecule is CCOCC(CN(CC)CC)OC(=O)Nc1ccccc1.O=S(=O)(O)O. The molecule has 1 atom stereocenters. The fraction of sp³-hybridized carbons (Fsp3) is 0.562. The van der Waals surface area contributed by atoms with Crippen molar-refractivity contribution in [3.63, 3.8) is 0 Å². The molecule has 1 aromatic rings. The Labute approximate surface area is 154 Å². The van der Waals surface area contributed by atoms with E-state index in [9.17, 15) is 4.79 Å². The van der Waals surface area contributed by atoms with Crippen LogP contribution in [0.4, 0.5) is 10.5 Å². The van der Waals surface area contributed by atoms with Crippen LogP contribution in [-0.2, 0) is 19.9 Å². The van der Waals surface area contributed by atoms with Gasteiger partial charge < -0.3 is 14.4 Å². The largest absolute Gasteiger partial charge is 0.442 e. The van der Waals surface area contributed by atoms with Crippen LogP contribution in [0.25, 0.3) is 0 Å². The number of rotatable bonds is 9. The number of nitrogens with one attached hydrogen (secondary N) is 1. The van der Waals surface area contributed by atoms with Crippen molar-refractivity contribution in [3.05, 3.63) is 30.3 Å². The maximum Gasteiger partial charge on any atom is 0.412 e. The fourth-order valence-corrected chi connectivity index (χ4v) is 1.96. The van der Waals surface area contributed by atoms with Gasteiger partial charge >= 0.3 is 16.5 Å². The average Bonchev–Trinajstić information content (AvgIpc) is 2.56. The third-order valence-electron chi connectivity index (χ3n) is 3.16. The summed E-state index contributed by atoms with van der Waals surface area (Å²) >= 11 is 0. The first-order valence-electron chi connectivity index (χ1n) is 8.22. The molecule has 1 aromatic carbocycles. The van der Waals surface area contributed by atoms with E-state index in [1.54, 1.807) is 0 Å². The van der Waals surface area contributed by atoms with Gasteiger partial charge in [-0.3, -0.25) is 14.4 Å². The molecule has 0 aliphatic rings. The van der Waals surface area contributed by atoms with E-state index in [4.69, 9.17) is 27.0 Å². The Kier molecular flexibility index (Phi) is 12.6. The van der Waals surface area contributed by atoms with Crippen molar-refractivity contribution in [2.45, 2.75) is 26.9 Å². The molecule has 1 unspecified atom stereocenters. The molecule has 0 saturated carbocycles. The number of amides is 1. The molecule has 9 nitrogen and oxygen atoms in total. The molecule has 1 rings (SSSR count). The van der Waals surface area contributed by atoms with Crippen LogP contribution in [-0.4, -0.2) is 67.5 Å². The maximum atomic E-state index is 11.9. The van der Waals surface area contributed by atoms with E-state index < -0.39 is 16.5 Å². The predicted octanol–water partition coefficient (Wildman–Crippen LogP) is 2.33. The molecule has 3 N–H and O–H groups in total. The fourth-order valence-electron chi connectivity index (χ4n) is 1.96. The van der Waals surface area contributed by atoms with Crippen LogP contribution in [0.3, 0.4) is 0 Å². The second-order valence-corrected chi connectivity index (χ2v) is 6.01. The molecule has 26 heavy (non-hydrogen) atoms. The molecule has 10 heteroatoms. The van der Waals surface area contributed by atoms with Crippen LogP contribution < -0.4 is 5.32 Å². The Morgan fingerprint density at radius 1 is 1.15 bits per heavy atom. The average molecular weight is 392 g/mol. The molecular formula is C16H28N2O7S. The zero-order valence-corrected chi connectivity index (χ0v) is 16.1. The third kappa shape index (κ3) is 14.6. The van der Waals surface area contributed by atoms with Gasteiger partial charge in [0.1, 0.15) is 6.10 Å². The third-order valence-corrected chi connectivity index (χ3v) is 3.16. The molecule has 0 fully saturated rings. The van der Waals surface area contributed by atoms with Crippen LogP contribution in [0, 0.1) is 0 Å². The molecule has 0 heterocycles. The summed E-state index contributed by atoms with van der Waals surface area (Å²) in [6, 6.07) is 9.27. The van der Waals surface area contributed by atoms with Crippen molar-refractivity contribution in [3.8, 4) is 0 Å². The number of para-hydroxylation sites is 1. The van der Waals surface area contributed by atoms with E-state index in [0.717, 1.165) is 18.8 Å². The number of hydrogen-bond donors (Lipinski definition) is 3. The summed E-state index contributed by atoms with van der Waals surface area (Å²) in [6.45, 7) is 9.64. The number of likely N-dealkylation sites (N-methyl/N-ethyl adjacent to an activating group) is 1. The summed E-state index contributed by atoms with van der Waals surface area (Å²) in [5, 5.41) is 2.72. The molecule has 0 aromatic heterocycles. The van der Waals surface area contributed by atoms with E-state index in [-0.39, 0.29) is 6.10 Å². The number of hydrogen-bond acceptors (Lipinski definition) is 6. The van der Waals surface area contributed by atoms with E-state index in [1.807, 2.05) is 37.3 Å². The Hall–Kier alpha value is -1.72. The lowest BCUT2D eigenvalue weighted by Crippen LogP contribution is -2.38. The molecule has 0 spiro atoms. The zero-order valence-electron chi connectivity index (χ0n) is 15.3. The van der Waals surface area contributed by atoms with E-state index in [2.05, 4.69) is 24.1 Å². The molecule has 150 valence electrons. The van der Waals surface area contributed by atoms with Gasteiger partial charge in [-0.05, 0) is 32.1 Å². The highest BCUT2D eigenvalue weighted by Crippen LogP contribution is 2.07. The summed E-state index contributed by atoms with van der Waals surface area (Å²) < 4.78 is 42.5. The van der Waals surface area contributed by atoms with E-state index >= 15 is 0 Å². The van der Waals surface area contributed by atoms with Gasteiger partial charge in [-0.2, -0.15) is 8.42 Å². The number of benzene rings is 1. The van der Waals surface area contributed by atoms with Crippen molar-refractivity contribution >= 4 is 22.2 Å². The Balaban J connectivity index is 0.00000110. The normalized spacial score (nSPS) is 12.1. The molecule has 0 bridgehead atoms. The van der Waals surface area contributed by atoms with Crippen LogP contribution in [0.15, 0.2) is 30.3 Å². The predicted molar refractivity (Wildman–Crippen MR) is 98.8 cm³/mol. The molecule has 0 radical (unpaired) electrons. The highest BCUT2D eigenvalue weighted by Gasteiger charge is 2.17. The molecule has 1 amide bonds. The first-order chi connectivity index (χ1) is 12.2. The molecule has 0 aliphatic carbocycles. The van der Waals surface area contributed by atoms with Crippen LogP contribution >= 0.6 is 0 Å². The summed E-state index contributed by atoms with van der Waals surface area (Å²) in [5.41, 5.74) is 0.723. The van der Waals surface area contributed by atoms with Gasteiger partial charge in [0.25, 0.3) is 0 Å². The lowest BCUT2D eigenvalue weighted by Gasteiger charge is -2.25. The second kappa shape index (κ2) is 13.5. The summed E-state index contributed by atoms with van der Waals surface area (Å²) in [4.78, 5) is 14.1. The minimum Gasteiger partial charge on any atom is -0.442 e. The maximum absolute atomic E-state index is 11.9. The molecular weight excluding hydrogens is 364 g/mol. The first kappa shape index (κ1) is 24.3. The van der Waals surface area contributed by atoms with Crippen molar-refractivity contribution < 1.29 is 31.8 Å². The second-order valence-electron chi connectivity index (χ2n) is 5.11. The van der Waals surface area contributed by atoms with Crippen molar-refractivity contribution in [2.75, 3.05) is 38.2 Å². The van der Waals surface area contributed by atoms with Crippen molar-refractivity contribution in [1.82, 2.24) is 4.90 Å². The van der Waals surface area contributed by atoms with Crippen molar-refractivity contribution in [2.24, 2.45) is 0 Å². The van der Waals surface area contributed by atoms with Gasteiger partial charge in [-0.15, -0.1) is 0 Å². The quantitative estimate of drug-likeness (QED) is 0.547. The van der Waals surface area contributed by atoms with Gasteiger partial charge in [-0.25, -0.2) is 4.79 Å². The highest BCUT2D eigenvalue weighted by atomic mass is 32.3. The summed E-state index contributed by atoms with van der Waals surface area (Å²) in [7, 11) is -4.67. The van der Waals surface area contributed by atoms with Crippen molar-refractivity contribution in [1.29, 1.82) is 0 Å². The van der Waals surface area contributed by atoms with Crippen LogP contribution in [0.5, 0.6) is 0 Å². The number of carbonyl (C=O) groups is 1. The molecule has 0 saturated heterocycles. The van der Waals surface area contributed by atoms with E-state index in [1.165, 1.54) is 0 Å². The zero-order chi connectivity index (χ0) is 20.0. The number of ether oxygens (including phenoxy) is 2. The minimum atomic E-state index is -4.67. The topological polar surface area (TPSA) is 125 Å². The Morgan fingerprint density at radius 3 is 2.15 bits per heavy atom. The number of carbonyl (C=O) groups excluding carboxylic acids is 1. The first-order valence-corrected chi connectivity index (χ1v) is 9.61. The number of anilines is 1. The standard InChI is InChI=1S/C16H26N2O3.H2O4S/c1-4-18(5-2)12-15(13-20-6-3)21-16(19)17-14-10-8-7-9-11-14;1-5(2,3)4/h7-11,15H,4-6,12-13H2,1-3H3,(H,17,19);(H2,1,2,3,4). The smallest absolute Gasteiger partial charge is 0.412 e. The lowest BCUT2D eigenvalue weighted by atomic mass is 10.3. The van der Waals surface area contributed by atoms with Gasteiger partial charge in [0.2, 0.25) is 0 Å². The van der Waals surface area contributed by atoms with Gasteiger partial charge in [0.15, 0.2) is 0 Å². The number of nitrogens with zero attached hydrogens (tertiary/aromatic N) is 1.